The fourth-order valence-corrected chi connectivity index (χ4v) is 3.88. The van der Waals surface area contributed by atoms with Crippen molar-refractivity contribution in [1.82, 2.24) is 10.2 Å². The SMILES string of the molecule is CC(CC(=O)Nc1ccc(NC(=O)CN2CCOCC2)cc1)C1CCNCC1. The molecule has 2 fully saturated rings. The van der Waals surface area contributed by atoms with E-state index in [2.05, 4.69) is 27.8 Å². The molecular formula is C21H32N4O3. The van der Waals surface area contributed by atoms with Gasteiger partial charge in [0.05, 0.1) is 19.8 Å². The molecule has 2 aliphatic rings. The summed E-state index contributed by atoms with van der Waals surface area (Å²) in [5.41, 5.74) is 1.49. The molecule has 0 bridgehead atoms. The van der Waals surface area contributed by atoms with Crippen molar-refractivity contribution >= 4 is 23.2 Å². The Bertz CT molecular complexity index is 638. The van der Waals surface area contributed by atoms with Gasteiger partial charge in [-0.25, -0.2) is 0 Å². The van der Waals surface area contributed by atoms with Crippen LogP contribution in [0.2, 0.25) is 0 Å². The predicted octanol–water partition coefficient (Wildman–Crippen LogP) is 1.92. The number of amides is 2. The van der Waals surface area contributed by atoms with E-state index in [4.69, 9.17) is 4.74 Å². The third-order valence-corrected chi connectivity index (χ3v) is 5.62. The van der Waals surface area contributed by atoms with Gasteiger partial charge in [0.1, 0.15) is 0 Å². The summed E-state index contributed by atoms with van der Waals surface area (Å²) in [5, 5.41) is 9.24. The molecule has 2 amide bonds. The lowest BCUT2D eigenvalue weighted by molar-refractivity contribution is -0.118. The number of nitrogens with zero attached hydrogens (tertiary/aromatic N) is 1. The second-order valence-electron chi connectivity index (χ2n) is 7.83. The lowest BCUT2D eigenvalue weighted by Crippen LogP contribution is -2.41. The number of piperidine rings is 1. The first-order valence-corrected chi connectivity index (χ1v) is 10.3. The number of benzene rings is 1. The van der Waals surface area contributed by atoms with Crippen LogP contribution in [0.5, 0.6) is 0 Å². The molecule has 0 spiro atoms. The molecule has 1 aromatic rings. The Labute approximate surface area is 167 Å². The van der Waals surface area contributed by atoms with Crippen molar-refractivity contribution in [2.75, 3.05) is 56.6 Å². The first kappa shape index (κ1) is 20.8. The summed E-state index contributed by atoms with van der Waals surface area (Å²) in [5.74, 6) is 1.03. The van der Waals surface area contributed by atoms with Gasteiger partial charge in [0.2, 0.25) is 11.8 Å². The van der Waals surface area contributed by atoms with E-state index in [-0.39, 0.29) is 11.8 Å². The van der Waals surface area contributed by atoms with Crippen molar-refractivity contribution in [3.8, 4) is 0 Å². The topological polar surface area (TPSA) is 82.7 Å². The second kappa shape index (κ2) is 10.5. The zero-order valence-corrected chi connectivity index (χ0v) is 16.7. The number of ether oxygens (including phenoxy) is 1. The van der Waals surface area contributed by atoms with Crippen molar-refractivity contribution in [1.29, 1.82) is 0 Å². The molecular weight excluding hydrogens is 356 g/mol. The quantitative estimate of drug-likeness (QED) is 0.665. The number of morpholine rings is 1. The first-order chi connectivity index (χ1) is 13.6. The highest BCUT2D eigenvalue weighted by molar-refractivity contribution is 5.93. The van der Waals surface area contributed by atoms with Crippen molar-refractivity contribution in [2.24, 2.45) is 11.8 Å². The molecule has 0 aromatic heterocycles. The summed E-state index contributed by atoms with van der Waals surface area (Å²) < 4.78 is 5.29. The van der Waals surface area contributed by atoms with E-state index < -0.39 is 0 Å². The van der Waals surface area contributed by atoms with Crippen LogP contribution in [0.4, 0.5) is 11.4 Å². The summed E-state index contributed by atoms with van der Waals surface area (Å²) in [6, 6.07) is 7.31. The van der Waals surface area contributed by atoms with Gasteiger partial charge in [-0.3, -0.25) is 14.5 Å². The van der Waals surface area contributed by atoms with Gasteiger partial charge < -0.3 is 20.7 Å². The molecule has 0 aliphatic carbocycles. The lowest BCUT2D eigenvalue weighted by atomic mass is 9.84. The molecule has 2 saturated heterocycles. The van der Waals surface area contributed by atoms with Gasteiger partial charge in [-0.15, -0.1) is 0 Å². The number of hydrogen-bond donors (Lipinski definition) is 3. The van der Waals surface area contributed by atoms with Gasteiger partial charge >= 0.3 is 0 Å². The van der Waals surface area contributed by atoms with E-state index in [9.17, 15) is 9.59 Å². The molecule has 3 N–H and O–H groups in total. The van der Waals surface area contributed by atoms with Crippen LogP contribution in [0.1, 0.15) is 26.2 Å². The molecule has 7 nitrogen and oxygen atoms in total. The van der Waals surface area contributed by atoms with E-state index >= 15 is 0 Å². The molecule has 1 atom stereocenters. The average molecular weight is 389 g/mol. The summed E-state index contributed by atoms with van der Waals surface area (Å²) in [6.07, 6.45) is 2.84. The second-order valence-corrected chi connectivity index (χ2v) is 7.83. The average Bonchev–Trinajstić information content (AvgIpc) is 2.71. The molecule has 0 radical (unpaired) electrons. The third-order valence-electron chi connectivity index (χ3n) is 5.62. The van der Waals surface area contributed by atoms with Gasteiger partial charge in [0.15, 0.2) is 0 Å². The smallest absolute Gasteiger partial charge is 0.238 e. The van der Waals surface area contributed by atoms with Crippen LogP contribution < -0.4 is 16.0 Å². The van der Waals surface area contributed by atoms with Crippen molar-refractivity contribution in [3.63, 3.8) is 0 Å². The molecule has 7 heteroatoms. The van der Waals surface area contributed by atoms with Gasteiger partial charge in [0.25, 0.3) is 0 Å². The van der Waals surface area contributed by atoms with Crippen LogP contribution in [-0.2, 0) is 14.3 Å². The molecule has 3 rings (SSSR count). The van der Waals surface area contributed by atoms with Gasteiger partial charge in [-0.1, -0.05) is 6.92 Å². The number of anilines is 2. The monoisotopic (exact) mass is 388 g/mol. The summed E-state index contributed by atoms with van der Waals surface area (Å²) in [6.45, 7) is 7.57. The van der Waals surface area contributed by atoms with E-state index in [1.165, 1.54) is 0 Å². The normalized spacial score (nSPS) is 19.8. The minimum Gasteiger partial charge on any atom is -0.379 e. The van der Waals surface area contributed by atoms with E-state index in [0.29, 0.717) is 38.0 Å². The fraction of sp³-hybridized carbons (Fsp3) is 0.619. The molecule has 28 heavy (non-hydrogen) atoms. The van der Waals surface area contributed by atoms with Crippen molar-refractivity contribution < 1.29 is 14.3 Å². The van der Waals surface area contributed by atoms with E-state index in [1.807, 2.05) is 24.3 Å². The van der Waals surface area contributed by atoms with Crippen LogP contribution in [0.15, 0.2) is 24.3 Å². The van der Waals surface area contributed by atoms with Gasteiger partial charge in [-0.05, 0) is 62.0 Å². The van der Waals surface area contributed by atoms with Gasteiger partial charge in [-0.2, -0.15) is 0 Å². The molecule has 2 aliphatic heterocycles. The van der Waals surface area contributed by atoms with E-state index in [1.54, 1.807) is 0 Å². The lowest BCUT2D eigenvalue weighted by Gasteiger charge is -2.27. The zero-order valence-electron chi connectivity index (χ0n) is 16.7. The number of carbonyl (C=O) groups excluding carboxylic acids is 2. The minimum atomic E-state index is -0.0329. The summed E-state index contributed by atoms with van der Waals surface area (Å²) in [7, 11) is 0. The highest BCUT2D eigenvalue weighted by Gasteiger charge is 2.22. The van der Waals surface area contributed by atoms with Gasteiger partial charge in [0, 0.05) is 30.9 Å². The fourth-order valence-electron chi connectivity index (χ4n) is 3.88. The Balaban J connectivity index is 1.41. The number of carbonyl (C=O) groups is 2. The molecule has 1 unspecified atom stereocenters. The predicted molar refractivity (Wildman–Crippen MR) is 110 cm³/mol. The van der Waals surface area contributed by atoms with Crippen LogP contribution in [-0.4, -0.2) is 62.7 Å². The highest BCUT2D eigenvalue weighted by Crippen LogP contribution is 2.25. The van der Waals surface area contributed by atoms with Crippen LogP contribution >= 0.6 is 0 Å². The largest absolute Gasteiger partial charge is 0.379 e. The highest BCUT2D eigenvalue weighted by atomic mass is 16.5. The maximum absolute atomic E-state index is 12.3. The first-order valence-electron chi connectivity index (χ1n) is 10.3. The van der Waals surface area contributed by atoms with E-state index in [0.717, 1.165) is 50.4 Å². The number of nitrogens with one attached hydrogen (secondary N) is 3. The standard InChI is InChI=1S/C21H32N4O3/c1-16(17-6-8-22-9-7-17)14-20(26)23-18-2-4-19(5-3-18)24-21(27)15-25-10-12-28-13-11-25/h2-5,16-17,22H,6-15H2,1H3,(H,23,26)(H,24,27). The minimum absolute atomic E-state index is 0.0329. The molecule has 1 aromatic carbocycles. The Hall–Kier alpha value is -1.96. The summed E-state index contributed by atoms with van der Waals surface area (Å²) in [4.78, 5) is 26.6. The Morgan fingerprint density at radius 3 is 2.25 bits per heavy atom. The van der Waals surface area contributed by atoms with Crippen LogP contribution in [0.3, 0.4) is 0 Å². The summed E-state index contributed by atoms with van der Waals surface area (Å²) >= 11 is 0. The van der Waals surface area contributed by atoms with Crippen molar-refractivity contribution in [2.45, 2.75) is 26.2 Å². The third kappa shape index (κ3) is 6.58. The van der Waals surface area contributed by atoms with Crippen molar-refractivity contribution in [3.05, 3.63) is 24.3 Å². The number of hydrogen-bond acceptors (Lipinski definition) is 5. The van der Waals surface area contributed by atoms with Crippen LogP contribution in [0, 0.1) is 11.8 Å². The maximum Gasteiger partial charge on any atom is 0.238 e. The Kier molecular flexibility index (Phi) is 7.82. The molecule has 0 saturated carbocycles. The number of rotatable bonds is 7. The zero-order chi connectivity index (χ0) is 19.8. The van der Waals surface area contributed by atoms with Crippen LogP contribution in [0.25, 0.3) is 0 Å². The Morgan fingerprint density at radius 1 is 1.07 bits per heavy atom. The molecule has 154 valence electrons. The molecule has 2 heterocycles. The Morgan fingerprint density at radius 2 is 1.64 bits per heavy atom. The maximum atomic E-state index is 12.3.